The van der Waals surface area contributed by atoms with Crippen molar-refractivity contribution in [3.05, 3.63) is 47.8 Å². The van der Waals surface area contributed by atoms with E-state index in [1.165, 1.54) is 16.4 Å². The summed E-state index contributed by atoms with van der Waals surface area (Å²) < 4.78 is 1.45. The zero-order chi connectivity index (χ0) is 16.2. The Morgan fingerprint density at radius 3 is 2.87 bits per heavy atom. The monoisotopic (exact) mass is 315 g/mol. The first-order valence-corrected chi connectivity index (χ1v) is 7.72. The molecule has 1 amide bonds. The zero-order valence-electron chi connectivity index (χ0n) is 13.1. The lowest BCUT2D eigenvalue weighted by molar-refractivity contribution is 0.0930. The highest BCUT2D eigenvalue weighted by molar-refractivity contribution is 5.92. The molecular weight excluding hydrogens is 294 g/mol. The van der Waals surface area contributed by atoms with Crippen molar-refractivity contribution in [2.45, 2.75) is 25.1 Å². The quantitative estimate of drug-likeness (QED) is 0.822. The molecule has 0 spiro atoms. The van der Waals surface area contributed by atoms with E-state index in [4.69, 9.17) is 0 Å². The first-order valence-electron chi connectivity index (χ1n) is 7.72. The van der Waals surface area contributed by atoms with Crippen molar-refractivity contribution in [2.75, 3.05) is 13.1 Å². The number of aliphatic hydroxyl groups excluding tert-OH is 1. The second-order valence-electron chi connectivity index (χ2n) is 5.91. The number of hydrogen-bond donors (Lipinski definition) is 2. The van der Waals surface area contributed by atoms with Crippen LogP contribution in [-0.4, -0.2) is 56.1 Å². The van der Waals surface area contributed by atoms with Gasteiger partial charge in [0.1, 0.15) is 5.69 Å². The van der Waals surface area contributed by atoms with Crippen LogP contribution in [0.4, 0.5) is 0 Å². The van der Waals surface area contributed by atoms with E-state index in [9.17, 15) is 9.90 Å². The van der Waals surface area contributed by atoms with E-state index in [0.717, 1.165) is 6.54 Å². The Balaban J connectivity index is 1.59. The minimum atomic E-state index is -0.348. The van der Waals surface area contributed by atoms with Gasteiger partial charge in [-0.1, -0.05) is 35.5 Å². The molecule has 7 heteroatoms. The molecule has 3 rings (SSSR count). The van der Waals surface area contributed by atoms with Gasteiger partial charge in [-0.2, -0.15) is 0 Å². The van der Waals surface area contributed by atoms with Gasteiger partial charge in [0, 0.05) is 32.7 Å². The van der Waals surface area contributed by atoms with Gasteiger partial charge in [-0.3, -0.25) is 9.69 Å². The SMILES string of the molecule is Cn1nncc1C(=O)NC[C@H]1C[C@@H](O)CN1Cc1ccccc1. The third-order valence-electron chi connectivity index (χ3n) is 4.18. The van der Waals surface area contributed by atoms with Gasteiger partial charge in [-0.05, 0) is 12.0 Å². The molecule has 2 aromatic rings. The van der Waals surface area contributed by atoms with Gasteiger partial charge in [0.15, 0.2) is 0 Å². The van der Waals surface area contributed by atoms with Crippen LogP contribution in [0.2, 0.25) is 0 Å². The molecule has 1 fully saturated rings. The first kappa shape index (κ1) is 15.6. The molecule has 7 nitrogen and oxygen atoms in total. The maximum absolute atomic E-state index is 12.1. The lowest BCUT2D eigenvalue weighted by atomic mass is 10.1. The maximum atomic E-state index is 12.1. The van der Waals surface area contributed by atoms with Gasteiger partial charge in [0.05, 0.1) is 12.3 Å². The molecule has 1 aliphatic rings. The van der Waals surface area contributed by atoms with Gasteiger partial charge in [-0.25, -0.2) is 4.68 Å². The number of benzene rings is 1. The molecule has 2 N–H and O–H groups in total. The summed E-state index contributed by atoms with van der Waals surface area (Å²) in [5, 5.41) is 20.3. The summed E-state index contributed by atoms with van der Waals surface area (Å²) in [5.41, 5.74) is 1.63. The summed E-state index contributed by atoms with van der Waals surface area (Å²) in [7, 11) is 1.68. The Hall–Kier alpha value is -2.25. The minimum Gasteiger partial charge on any atom is -0.392 e. The number of likely N-dealkylation sites (tertiary alicyclic amines) is 1. The van der Waals surface area contributed by atoms with Crippen molar-refractivity contribution >= 4 is 5.91 Å². The van der Waals surface area contributed by atoms with Crippen molar-refractivity contribution in [3.63, 3.8) is 0 Å². The highest BCUT2D eigenvalue weighted by Crippen LogP contribution is 2.20. The van der Waals surface area contributed by atoms with E-state index in [1.807, 2.05) is 18.2 Å². The van der Waals surface area contributed by atoms with Crippen molar-refractivity contribution in [1.82, 2.24) is 25.2 Å². The van der Waals surface area contributed by atoms with E-state index < -0.39 is 0 Å². The van der Waals surface area contributed by atoms with Crippen LogP contribution in [0.1, 0.15) is 22.5 Å². The zero-order valence-corrected chi connectivity index (χ0v) is 13.1. The second kappa shape index (κ2) is 6.89. The number of nitrogens with zero attached hydrogens (tertiary/aromatic N) is 4. The van der Waals surface area contributed by atoms with Crippen LogP contribution in [0.3, 0.4) is 0 Å². The minimum absolute atomic E-state index is 0.121. The number of hydrogen-bond acceptors (Lipinski definition) is 5. The molecule has 0 radical (unpaired) electrons. The van der Waals surface area contributed by atoms with Crippen LogP contribution in [0.15, 0.2) is 36.5 Å². The number of rotatable bonds is 5. The van der Waals surface area contributed by atoms with Crippen LogP contribution in [0.25, 0.3) is 0 Å². The molecule has 0 unspecified atom stereocenters. The summed E-state index contributed by atoms with van der Waals surface area (Å²) in [5.74, 6) is -0.196. The van der Waals surface area contributed by atoms with Crippen molar-refractivity contribution in [2.24, 2.45) is 7.05 Å². The van der Waals surface area contributed by atoms with E-state index in [-0.39, 0.29) is 18.1 Å². The Kier molecular flexibility index (Phi) is 4.68. The summed E-state index contributed by atoms with van der Waals surface area (Å²) in [6.07, 6.45) is 1.76. The average molecular weight is 315 g/mol. The van der Waals surface area contributed by atoms with Crippen LogP contribution in [0, 0.1) is 0 Å². The Morgan fingerprint density at radius 2 is 2.17 bits per heavy atom. The van der Waals surface area contributed by atoms with Crippen LogP contribution < -0.4 is 5.32 Å². The Morgan fingerprint density at radius 1 is 1.39 bits per heavy atom. The van der Waals surface area contributed by atoms with Crippen LogP contribution >= 0.6 is 0 Å². The van der Waals surface area contributed by atoms with Crippen molar-refractivity contribution in [1.29, 1.82) is 0 Å². The molecule has 1 aromatic heterocycles. The standard InChI is InChI=1S/C16H21N5O2/c1-20-15(9-18-19-20)16(23)17-8-13-7-14(22)11-21(13)10-12-5-3-2-4-6-12/h2-6,9,13-14,22H,7-8,10-11H2,1H3,(H,17,23)/t13-,14-/m1/s1. The van der Waals surface area contributed by atoms with Gasteiger partial charge in [0.2, 0.25) is 0 Å². The highest BCUT2D eigenvalue weighted by atomic mass is 16.3. The third kappa shape index (κ3) is 3.75. The average Bonchev–Trinajstić information content (AvgIpc) is 3.12. The molecule has 2 atom stereocenters. The van der Waals surface area contributed by atoms with Gasteiger partial charge >= 0.3 is 0 Å². The number of aliphatic hydroxyl groups is 1. The maximum Gasteiger partial charge on any atom is 0.271 e. The number of aryl methyl sites for hydroxylation is 1. The van der Waals surface area contributed by atoms with Crippen LogP contribution in [0.5, 0.6) is 0 Å². The molecule has 0 saturated carbocycles. The number of nitrogens with one attached hydrogen (secondary N) is 1. The molecule has 1 aliphatic heterocycles. The smallest absolute Gasteiger partial charge is 0.271 e. The van der Waals surface area contributed by atoms with Crippen LogP contribution in [-0.2, 0) is 13.6 Å². The van der Waals surface area contributed by atoms with E-state index in [1.54, 1.807) is 7.05 Å². The van der Waals surface area contributed by atoms with Crippen molar-refractivity contribution in [3.8, 4) is 0 Å². The summed E-state index contributed by atoms with van der Waals surface area (Å²) in [4.78, 5) is 14.3. The first-order chi connectivity index (χ1) is 11.1. The van der Waals surface area contributed by atoms with E-state index >= 15 is 0 Å². The van der Waals surface area contributed by atoms with Gasteiger partial charge in [-0.15, -0.1) is 5.10 Å². The Bertz CT molecular complexity index is 658. The fourth-order valence-electron chi connectivity index (χ4n) is 2.98. The predicted molar refractivity (Wildman–Crippen MR) is 84.6 cm³/mol. The largest absolute Gasteiger partial charge is 0.392 e. The summed E-state index contributed by atoms with van der Waals surface area (Å²) in [6, 6.07) is 10.3. The topological polar surface area (TPSA) is 83.3 Å². The molecular formula is C16H21N5O2. The molecule has 2 heterocycles. The summed E-state index contributed by atoms with van der Waals surface area (Å²) >= 11 is 0. The predicted octanol–water partition coefficient (Wildman–Crippen LogP) is 0.180. The van der Waals surface area contributed by atoms with Gasteiger partial charge in [0.25, 0.3) is 5.91 Å². The molecule has 122 valence electrons. The number of amides is 1. The molecule has 1 aromatic carbocycles. The highest BCUT2D eigenvalue weighted by Gasteiger charge is 2.31. The number of carbonyl (C=O) groups excluding carboxylic acids is 1. The fraction of sp³-hybridized carbons (Fsp3) is 0.438. The normalized spacial score (nSPS) is 21.5. The lowest BCUT2D eigenvalue weighted by Crippen LogP contribution is -2.40. The molecule has 0 aliphatic carbocycles. The second-order valence-corrected chi connectivity index (χ2v) is 5.91. The number of β-amino-alcohol motifs (C(OH)–C–C–N with tert-alkyl or cyclic N) is 1. The molecule has 23 heavy (non-hydrogen) atoms. The number of aromatic nitrogens is 3. The number of carbonyl (C=O) groups is 1. The lowest BCUT2D eigenvalue weighted by Gasteiger charge is -2.24. The molecule has 1 saturated heterocycles. The fourth-order valence-corrected chi connectivity index (χ4v) is 2.98. The molecule has 0 bridgehead atoms. The summed E-state index contributed by atoms with van der Waals surface area (Å²) in [6.45, 7) is 1.89. The third-order valence-corrected chi connectivity index (χ3v) is 4.18. The van der Waals surface area contributed by atoms with E-state index in [2.05, 4.69) is 32.7 Å². The Labute approximate surface area is 134 Å². The van der Waals surface area contributed by atoms with E-state index in [0.29, 0.717) is 25.2 Å². The van der Waals surface area contributed by atoms with Gasteiger partial charge < -0.3 is 10.4 Å². The van der Waals surface area contributed by atoms with Crippen molar-refractivity contribution < 1.29 is 9.90 Å².